The molecule has 6 aromatic rings. The normalized spacial score (nSPS) is 14.5. The first kappa shape index (κ1) is 28.8. The van der Waals surface area contributed by atoms with E-state index >= 15 is 0 Å². The van der Waals surface area contributed by atoms with Crippen molar-refractivity contribution in [3.05, 3.63) is 139 Å². The molecule has 2 aliphatic rings. The van der Waals surface area contributed by atoms with Gasteiger partial charge in [0.1, 0.15) is 0 Å². The monoisotopic (exact) mass is 714 g/mol. The Balaban J connectivity index is 0.000000157. The minimum Gasteiger partial charge on any atom is -0.358 e. The summed E-state index contributed by atoms with van der Waals surface area (Å²) < 4.78 is 14.4. The third-order valence-corrected chi connectivity index (χ3v) is 8.50. The largest absolute Gasteiger partial charge is 3.00 e. The summed E-state index contributed by atoms with van der Waals surface area (Å²) >= 11 is 0. The van der Waals surface area contributed by atoms with Crippen LogP contribution in [0.2, 0.25) is 0 Å². The Morgan fingerprint density at radius 2 is 1.15 bits per heavy atom. The second-order valence-corrected chi connectivity index (χ2v) is 11.4. The smallest absolute Gasteiger partial charge is 0.358 e. The SMILES string of the molecule is CC1(C)c2c([c-]ccc2F)-c2nccc3cccc1c23.CC1(C)c2ccc[c-]c2-c2nccc3cccc1c23.[CH3-].[Ir+3]. The van der Waals surface area contributed by atoms with Gasteiger partial charge in [-0.05, 0) is 67.0 Å². The summed E-state index contributed by atoms with van der Waals surface area (Å²) in [7, 11) is 0. The fourth-order valence-corrected chi connectivity index (χ4v) is 6.59. The number of hydrogen-bond acceptors (Lipinski definition) is 2. The second-order valence-electron chi connectivity index (χ2n) is 11.4. The molecule has 0 radical (unpaired) electrons. The summed E-state index contributed by atoms with van der Waals surface area (Å²) in [6.07, 6.45) is 3.67. The maximum Gasteiger partial charge on any atom is 3.00 e. The number of rotatable bonds is 0. The van der Waals surface area contributed by atoms with Crippen molar-refractivity contribution in [2.45, 2.75) is 38.5 Å². The van der Waals surface area contributed by atoms with Crippen LogP contribution in [0.25, 0.3) is 44.1 Å². The van der Waals surface area contributed by atoms with E-state index in [2.05, 4.69) is 98.3 Å². The van der Waals surface area contributed by atoms with Gasteiger partial charge >= 0.3 is 20.1 Å². The molecule has 0 saturated carbocycles. The number of aromatic nitrogens is 2. The van der Waals surface area contributed by atoms with Gasteiger partial charge in [0.25, 0.3) is 0 Å². The Kier molecular flexibility index (Phi) is 7.22. The number of pyridine rings is 2. The van der Waals surface area contributed by atoms with Gasteiger partial charge in [0.2, 0.25) is 0 Å². The standard InChI is InChI=1S/C18H13FN.C18H14N.CH3.Ir/c1-18(2)13-7-3-5-11-9-10-20-17(15(11)13)12-6-4-8-14(19)16(12)18;1-18(2)14-8-4-3-7-13(14)17-16-12(10-11-19-17)6-5-9-15(16)18;;/h3-5,7-10H,1-2H3;3-6,8-11H,1-2H3;1H3;/q3*-1;+3. The molecule has 2 heterocycles. The number of fused-ring (bicyclic) bond motifs is 4. The number of benzene rings is 4. The molecule has 0 aliphatic heterocycles. The van der Waals surface area contributed by atoms with E-state index < -0.39 is 0 Å². The quantitative estimate of drug-likeness (QED) is 0.147. The molecule has 4 aromatic carbocycles. The minimum absolute atomic E-state index is 0. The second kappa shape index (κ2) is 10.3. The molecule has 204 valence electrons. The van der Waals surface area contributed by atoms with Gasteiger partial charge in [-0.3, -0.25) is 0 Å². The molecule has 0 saturated heterocycles. The van der Waals surface area contributed by atoms with Crippen molar-refractivity contribution >= 4 is 21.5 Å². The van der Waals surface area contributed by atoms with E-state index in [4.69, 9.17) is 0 Å². The maximum atomic E-state index is 14.4. The van der Waals surface area contributed by atoms with Crippen LogP contribution in [0, 0.1) is 25.4 Å². The third-order valence-electron chi connectivity index (χ3n) is 8.50. The Hall–Kier alpha value is -3.72. The molecule has 0 amide bonds. The van der Waals surface area contributed by atoms with Gasteiger partial charge in [0.15, 0.2) is 0 Å². The molecule has 4 heteroatoms. The van der Waals surface area contributed by atoms with Crippen LogP contribution in [0.4, 0.5) is 4.39 Å². The fraction of sp³-hybridized carbons (Fsp3) is 0.162. The van der Waals surface area contributed by atoms with Gasteiger partial charge in [-0.1, -0.05) is 69.7 Å². The van der Waals surface area contributed by atoms with Crippen LogP contribution in [0.5, 0.6) is 0 Å². The number of halogens is 1. The first-order valence-electron chi connectivity index (χ1n) is 13.3. The maximum absolute atomic E-state index is 14.4. The zero-order chi connectivity index (χ0) is 26.9. The van der Waals surface area contributed by atoms with E-state index in [0.717, 1.165) is 38.9 Å². The first-order valence-corrected chi connectivity index (χ1v) is 13.3. The van der Waals surface area contributed by atoms with E-state index in [0.29, 0.717) is 5.56 Å². The Bertz CT molecular complexity index is 1930. The van der Waals surface area contributed by atoms with Crippen molar-refractivity contribution in [2.75, 3.05) is 0 Å². The minimum atomic E-state index is -0.382. The van der Waals surface area contributed by atoms with E-state index in [9.17, 15) is 4.39 Å². The number of hydrogen-bond donors (Lipinski definition) is 0. The molecule has 8 rings (SSSR count). The summed E-state index contributed by atoms with van der Waals surface area (Å²) in [5.74, 6) is -0.183. The van der Waals surface area contributed by atoms with Crippen LogP contribution in [0.1, 0.15) is 49.9 Å². The Labute approximate surface area is 255 Å². The topological polar surface area (TPSA) is 25.8 Å². The van der Waals surface area contributed by atoms with E-state index in [-0.39, 0.29) is 44.2 Å². The van der Waals surface area contributed by atoms with Crippen molar-refractivity contribution in [2.24, 2.45) is 0 Å². The molecule has 2 aromatic heterocycles. The summed E-state index contributed by atoms with van der Waals surface area (Å²) in [6, 6.07) is 32.7. The molecular formula is C37H30FIrN2. The molecule has 0 fully saturated rings. The molecule has 0 bridgehead atoms. The van der Waals surface area contributed by atoms with Crippen molar-refractivity contribution in [1.29, 1.82) is 0 Å². The van der Waals surface area contributed by atoms with Crippen LogP contribution >= 0.6 is 0 Å². The van der Waals surface area contributed by atoms with E-state index in [1.165, 1.54) is 28.0 Å². The molecule has 0 unspecified atom stereocenters. The summed E-state index contributed by atoms with van der Waals surface area (Å²) in [4.78, 5) is 9.10. The molecule has 0 N–H and O–H groups in total. The van der Waals surface area contributed by atoms with Crippen LogP contribution in [-0.2, 0) is 30.9 Å². The first-order chi connectivity index (χ1) is 18.8. The van der Waals surface area contributed by atoms with Crippen LogP contribution < -0.4 is 0 Å². The number of nitrogens with zero attached hydrogens (tertiary/aromatic N) is 2. The van der Waals surface area contributed by atoms with Gasteiger partial charge in [-0.25, -0.2) is 4.39 Å². The summed E-state index contributed by atoms with van der Waals surface area (Å²) in [6.45, 7) is 8.69. The zero-order valence-electron chi connectivity index (χ0n) is 23.8. The fourth-order valence-electron chi connectivity index (χ4n) is 6.59. The predicted molar refractivity (Wildman–Crippen MR) is 163 cm³/mol. The van der Waals surface area contributed by atoms with Gasteiger partial charge in [-0.2, -0.15) is 0 Å². The van der Waals surface area contributed by atoms with E-state index in [1.807, 2.05) is 24.4 Å². The van der Waals surface area contributed by atoms with Crippen molar-refractivity contribution in [1.82, 2.24) is 9.97 Å². The van der Waals surface area contributed by atoms with Crippen LogP contribution in [-0.4, -0.2) is 9.97 Å². The summed E-state index contributed by atoms with van der Waals surface area (Å²) in [5.41, 5.74) is 7.97. The molecule has 0 atom stereocenters. The zero-order valence-corrected chi connectivity index (χ0v) is 26.2. The van der Waals surface area contributed by atoms with E-state index in [1.54, 1.807) is 12.3 Å². The van der Waals surface area contributed by atoms with Crippen molar-refractivity contribution in [3.8, 4) is 22.5 Å². The molecular weight excluding hydrogens is 684 g/mol. The Morgan fingerprint density at radius 1 is 0.610 bits per heavy atom. The Morgan fingerprint density at radius 3 is 1.78 bits per heavy atom. The molecule has 2 aliphatic carbocycles. The van der Waals surface area contributed by atoms with Gasteiger partial charge in [0, 0.05) is 18.2 Å². The molecule has 2 nitrogen and oxygen atoms in total. The van der Waals surface area contributed by atoms with Crippen molar-refractivity contribution in [3.63, 3.8) is 0 Å². The van der Waals surface area contributed by atoms with Gasteiger partial charge in [0.05, 0.1) is 0 Å². The van der Waals surface area contributed by atoms with Gasteiger partial charge < -0.3 is 17.4 Å². The average Bonchev–Trinajstić information content (AvgIpc) is 2.95. The molecule has 41 heavy (non-hydrogen) atoms. The van der Waals surface area contributed by atoms with Gasteiger partial charge in [-0.15, -0.1) is 59.2 Å². The average molecular weight is 714 g/mol. The van der Waals surface area contributed by atoms with Crippen LogP contribution in [0.3, 0.4) is 0 Å². The third kappa shape index (κ3) is 4.16. The molecule has 0 spiro atoms. The van der Waals surface area contributed by atoms with Crippen molar-refractivity contribution < 1.29 is 24.5 Å². The van der Waals surface area contributed by atoms with Crippen LogP contribution in [0.15, 0.2) is 91.3 Å². The summed E-state index contributed by atoms with van der Waals surface area (Å²) in [5, 5.41) is 4.81. The predicted octanol–water partition coefficient (Wildman–Crippen LogP) is 9.27.